The Bertz CT molecular complexity index is 982. The Morgan fingerprint density at radius 1 is 1.00 bits per heavy atom. The predicted molar refractivity (Wildman–Crippen MR) is 115 cm³/mol. The molecule has 7 nitrogen and oxygen atoms in total. The largest absolute Gasteiger partial charge is 0.490 e. The van der Waals surface area contributed by atoms with Crippen molar-refractivity contribution in [3.05, 3.63) is 92.8 Å². The van der Waals surface area contributed by atoms with E-state index in [4.69, 9.17) is 21.1 Å². The van der Waals surface area contributed by atoms with E-state index in [0.717, 1.165) is 16.7 Å². The fraction of sp³-hybridized carbons (Fsp3) is 0.227. The minimum absolute atomic E-state index is 0.0421. The first kappa shape index (κ1) is 21.5. The molecule has 3 aromatic rings. The molecule has 1 heterocycles. The van der Waals surface area contributed by atoms with Crippen LogP contribution in [-0.4, -0.2) is 16.5 Å². The third-order valence-electron chi connectivity index (χ3n) is 4.35. The van der Waals surface area contributed by atoms with Crippen molar-refractivity contribution >= 4 is 17.3 Å². The lowest BCUT2D eigenvalue weighted by molar-refractivity contribution is -0.384. The predicted octanol–water partition coefficient (Wildman–Crippen LogP) is 4.91. The summed E-state index contributed by atoms with van der Waals surface area (Å²) >= 11 is 6.46. The summed E-state index contributed by atoms with van der Waals surface area (Å²) in [6.45, 7) is 3.90. The Labute approximate surface area is 179 Å². The number of halogens is 1. The van der Waals surface area contributed by atoms with E-state index in [0.29, 0.717) is 36.2 Å². The standard InChI is InChI=1S/C22H22ClN3O4/c1-2-29-21-11-18(14-25-13-16-7-9-24-10-8-16)20(23)12-22(21)30-15-17-3-5-19(6-4-17)26(27)28/h3-12,25H,2,13-15H2,1H3. The summed E-state index contributed by atoms with van der Waals surface area (Å²) in [7, 11) is 0. The van der Waals surface area contributed by atoms with Crippen molar-refractivity contribution in [3.8, 4) is 11.5 Å². The van der Waals surface area contributed by atoms with Crippen molar-refractivity contribution in [2.24, 2.45) is 0 Å². The highest BCUT2D eigenvalue weighted by Gasteiger charge is 2.12. The van der Waals surface area contributed by atoms with Gasteiger partial charge in [0.25, 0.3) is 5.69 Å². The molecule has 156 valence electrons. The summed E-state index contributed by atoms with van der Waals surface area (Å²) < 4.78 is 11.6. The molecule has 0 aliphatic carbocycles. The maximum absolute atomic E-state index is 10.8. The van der Waals surface area contributed by atoms with E-state index in [9.17, 15) is 10.1 Å². The second-order valence-corrected chi connectivity index (χ2v) is 6.90. The molecule has 3 rings (SSSR count). The van der Waals surface area contributed by atoms with Gasteiger partial charge in [-0.05, 0) is 53.9 Å². The van der Waals surface area contributed by atoms with Crippen LogP contribution in [0, 0.1) is 10.1 Å². The number of nitrogens with zero attached hydrogens (tertiary/aromatic N) is 2. The molecule has 0 radical (unpaired) electrons. The first-order valence-electron chi connectivity index (χ1n) is 9.47. The molecule has 0 bridgehead atoms. The summed E-state index contributed by atoms with van der Waals surface area (Å²) in [5, 5.41) is 14.7. The topological polar surface area (TPSA) is 86.5 Å². The van der Waals surface area contributed by atoms with E-state index in [1.165, 1.54) is 12.1 Å². The van der Waals surface area contributed by atoms with E-state index < -0.39 is 4.92 Å². The van der Waals surface area contributed by atoms with Gasteiger partial charge in [-0.3, -0.25) is 15.1 Å². The molecule has 0 unspecified atom stereocenters. The average molecular weight is 428 g/mol. The minimum Gasteiger partial charge on any atom is -0.490 e. The van der Waals surface area contributed by atoms with Crippen molar-refractivity contribution in [2.45, 2.75) is 26.6 Å². The van der Waals surface area contributed by atoms with Crippen LogP contribution >= 0.6 is 11.6 Å². The number of hydrogen-bond donors (Lipinski definition) is 1. The van der Waals surface area contributed by atoms with Crippen molar-refractivity contribution < 1.29 is 14.4 Å². The molecule has 0 aliphatic rings. The van der Waals surface area contributed by atoms with Gasteiger partial charge < -0.3 is 14.8 Å². The molecule has 2 aromatic carbocycles. The molecule has 1 N–H and O–H groups in total. The highest BCUT2D eigenvalue weighted by molar-refractivity contribution is 6.31. The molecule has 0 fully saturated rings. The van der Waals surface area contributed by atoms with Crippen LogP contribution in [0.2, 0.25) is 5.02 Å². The Balaban J connectivity index is 1.66. The first-order valence-corrected chi connectivity index (χ1v) is 9.85. The monoisotopic (exact) mass is 427 g/mol. The Hall–Kier alpha value is -3.16. The lowest BCUT2D eigenvalue weighted by atomic mass is 10.2. The van der Waals surface area contributed by atoms with Crippen LogP contribution in [0.15, 0.2) is 60.9 Å². The maximum atomic E-state index is 10.8. The number of rotatable bonds is 10. The summed E-state index contributed by atoms with van der Waals surface area (Å²) in [4.78, 5) is 14.3. The normalized spacial score (nSPS) is 10.6. The minimum atomic E-state index is -0.432. The van der Waals surface area contributed by atoms with Crippen LogP contribution in [-0.2, 0) is 19.7 Å². The lowest BCUT2D eigenvalue weighted by Crippen LogP contribution is -2.13. The number of nitrogens with one attached hydrogen (secondary N) is 1. The molecule has 0 atom stereocenters. The number of nitro groups is 1. The smallest absolute Gasteiger partial charge is 0.269 e. The van der Waals surface area contributed by atoms with Crippen molar-refractivity contribution in [1.29, 1.82) is 0 Å². The summed E-state index contributed by atoms with van der Waals surface area (Å²) in [6.07, 6.45) is 3.52. The summed E-state index contributed by atoms with van der Waals surface area (Å²) in [5.41, 5.74) is 2.88. The van der Waals surface area contributed by atoms with Gasteiger partial charge in [0.15, 0.2) is 11.5 Å². The van der Waals surface area contributed by atoms with Gasteiger partial charge in [0.1, 0.15) is 6.61 Å². The van der Waals surface area contributed by atoms with Gasteiger partial charge in [-0.25, -0.2) is 0 Å². The zero-order valence-corrected chi connectivity index (χ0v) is 17.3. The molecule has 0 saturated heterocycles. The van der Waals surface area contributed by atoms with Crippen LogP contribution in [0.1, 0.15) is 23.6 Å². The van der Waals surface area contributed by atoms with Gasteiger partial charge >= 0.3 is 0 Å². The number of pyridine rings is 1. The van der Waals surface area contributed by atoms with Crippen molar-refractivity contribution in [3.63, 3.8) is 0 Å². The Morgan fingerprint density at radius 2 is 1.70 bits per heavy atom. The first-order chi connectivity index (χ1) is 14.6. The number of hydrogen-bond acceptors (Lipinski definition) is 6. The SMILES string of the molecule is CCOc1cc(CNCc2ccncc2)c(Cl)cc1OCc1ccc([N+](=O)[O-])cc1. The van der Waals surface area contributed by atoms with Crippen molar-refractivity contribution in [1.82, 2.24) is 10.3 Å². The van der Waals surface area contributed by atoms with Gasteiger partial charge in [0.05, 0.1) is 11.5 Å². The van der Waals surface area contributed by atoms with Gasteiger partial charge in [0, 0.05) is 48.7 Å². The molecule has 30 heavy (non-hydrogen) atoms. The zero-order chi connectivity index (χ0) is 21.3. The van der Waals surface area contributed by atoms with E-state index in [-0.39, 0.29) is 12.3 Å². The van der Waals surface area contributed by atoms with Crippen LogP contribution < -0.4 is 14.8 Å². The Morgan fingerprint density at radius 3 is 2.37 bits per heavy atom. The van der Waals surface area contributed by atoms with Gasteiger partial charge in [-0.2, -0.15) is 0 Å². The third-order valence-corrected chi connectivity index (χ3v) is 4.70. The molecular formula is C22H22ClN3O4. The highest BCUT2D eigenvalue weighted by Crippen LogP contribution is 2.34. The molecule has 8 heteroatoms. The number of ether oxygens (including phenoxy) is 2. The van der Waals surface area contributed by atoms with E-state index in [2.05, 4.69) is 10.3 Å². The van der Waals surface area contributed by atoms with E-state index >= 15 is 0 Å². The molecule has 0 spiro atoms. The van der Waals surface area contributed by atoms with Gasteiger partial charge in [-0.1, -0.05) is 11.6 Å². The molecule has 1 aromatic heterocycles. The highest BCUT2D eigenvalue weighted by atomic mass is 35.5. The van der Waals surface area contributed by atoms with Gasteiger partial charge in [0.2, 0.25) is 0 Å². The number of nitro benzene ring substituents is 1. The molecule has 0 saturated carbocycles. The average Bonchev–Trinajstić information content (AvgIpc) is 2.76. The number of aromatic nitrogens is 1. The fourth-order valence-electron chi connectivity index (χ4n) is 2.81. The third kappa shape index (κ3) is 5.92. The summed E-state index contributed by atoms with van der Waals surface area (Å²) in [6, 6.07) is 13.7. The quantitative estimate of drug-likeness (QED) is 0.365. The Kier molecular flexibility index (Phi) is 7.59. The fourth-order valence-corrected chi connectivity index (χ4v) is 3.03. The molecule has 0 aliphatic heterocycles. The second kappa shape index (κ2) is 10.6. The lowest BCUT2D eigenvalue weighted by Gasteiger charge is -2.15. The number of benzene rings is 2. The molecule has 0 amide bonds. The van der Waals surface area contributed by atoms with Crippen molar-refractivity contribution in [2.75, 3.05) is 6.61 Å². The second-order valence-electron chi connectivity index (χ2n) is 6.49. The maximum Gasteiger partial charge on any atom is 0.269 e. The number of non-ortho nitro benzene ring substituents is 1. The zero-order valence-electron chi connectivity index (χ0n) is 16.5. The van der Waals surface area contributed by atoms with Crippen LogP contribution in [0.3, 0.4) is 0 Å². The van der Waals surface area contributed by atoms with Crippen LogP contribution in [0.5, 0.6) is 11.5 Å². The summed E-state index contributed by atoms with van der Waals surface area (Å²) in [5.74, 6) is 1.13. The van der Waals surface area contributed by atoms with Crippen LogP contribution in [0.25, 0.3) is 0 Å². The van der Waals surface area contributed by atoms with Gasteiger partial charge in [-0.15, -0.1) is 0 Å². The molecular weight excluding hydrogens is 406 g/mol. The van der Waals surface area contributed by atoms with Crippen LogP contribution in [0.4, 0.5) is 5.69 Å². The van der Waals surface area contributed by atoms with E-state index in [1.54, 1.807) is 30.6 Å². The van der Waals surface area contributed by atoms with E-state index in [1.807, 2.05) is 25.1 Å².